The first-order valence-corrected chi connectivity index (χ1v) is 10.8. The highest BCUT2D eigenvalue weighted by Gasteiger charge is 2.33. The van der Waals surface area contributed by atoms with Gasteiger partial charge < -0.3 is 5.32 Å². The Kier molecular flexibility index (Phi) is 5.79. The minimum absolute atomic E-state index is 0.0715. The van der Waals surface area contributed by atoms with Gasteiger partial charge in [0.15, 0.2) is 0 Å². The number of hydrogen-bond donors (Lipinski definition) is 1. The maximum absolute atomic E-state index is 13.4. The van der Waals surface area contributed by atoms with Gasteiger partial charge in [0.1, 0.15) is 5.82 Å². The van der Waals surface area contributed by atoms with E-state index in [0.717, 1.165) is 19.4 Å². The van der Waals surface area contributed by atoms with Crippen molar-refractivity contribution < 1.29 is 9.18 Å². The molecular formula is C24H25FN2OS. The van der Waals surface area contributed by atoms with Crippen molar-refractivity contribution in [1.29, 1.82) is 0 Å². The smallest absolute Gasteiger partial charge is 0.238 e. The van der Waals surface area contributed by atoms with Crippen LogP contribution in [-0.2, 0) is 17.6 Å². The molecule has 0 saturated heterocycles. The molecule has 5 heteroatoms. The molecule has 150 valence electrons. The van der Waals surface area contributed by atoms with E-state index in [2.05, 4.69) is 48.3 Å². The van der Waals surface area contributed by atoms with Crippen LogP contribution in [0.4, 0.5) is 10.1 Å². The lowest BCUT2D eigenvalue weighted by Crippen LogP contribution is -2.40. The number of nitrogens with zero attached hydrogens (tertiary/aromatic N) is 1. The molecule has 1 amide bonds. The first kappa shape index (κ1) is 19.8. The molecule has 1 atom stereocenters. The van der Waals surface area contributed by atoms with Gasteiger partial charge in [0.2, 0.25) is 5.91 Å². The van der Waals surface area contributed by atoms with E-state index in [0.29, 0.717) is 5.69 Å². The van der Waals surface area contributed by atoms with Crippen molar-refractivity contribution in [3.63, 3.8) is 0 Å². The van der Waals surface area contributed by atoms with Crippen LogP contribution in [0.25, 0.3) is 0 Å². The molecule has 1 aliphatic rings. The second-order valence-electron chi connectivity index (χ2n) is 7.43. The topological polar surface area (TPSA) is 32.3 Å². The fourth-order valence-corrected chi connectivity index (χ4v) is 5.74. The minimum Gasteiger partial charge on any atom is -0.325 e. The Morgan fingerprint density at radius 1 is 1.21 bits per heavy atom. The van der Waals surface area contributed by atoms with Crippen LogP contribution >= 0.6 is 11.3 Å². The van der Waals surface area contributed by atoms with E-state index in [1.54, 1.807) is 12.1 Å². The molecule has 0 fully saturated rings. The Bertz CT molecular complexity index is 1010. The highest BCUT2D eigenvalue weighted by atomic mass is 32.1. The molecule has 0 aliphatic carbocycles. The SMILES string of the molecule is CCc1c(C)sc2c1CCN(CC(=O)Nc1cccc(F)c1)[C@H]2c1ccccc1. The number of amides is 1. The largest absolute Gasteiger partial charge is 0.325 e. The average molecular weight is 409 g/mol. The summed E-state index contributed by atoms with van der Waals surface area (Å²) in [5, 5.41) is 2.84. The van der Waals surface area contributed by atoms with Crippen LogP contribution in [0.3, 0.4) is 0 Å². The maximum Gasteiger partial charge on any atom is 0.238 e. The van der Waals surface area contributed by atoms with E-state index < -0.39 is 0 Å². The van der Waals surface area contributed by atoms with Crippen molar-refractivity contribution in [2.75, 3.05) is 18.4 Å². The van der Waals surface area contributed by atoms with Crippen LogP contribution in [0.15, 0.2) is 54.6 Å². The Hall–Kier alpha value is -2.50. The van der Waals surface area contributed by atoms with E-state index in [-0.39, 0.29) is 24.3 Å². The van der Waals surface area contributed by atoms with Gasteiger partial charge in [-0.15, -0.1) is 11.3 Å². The van der Waals surface area contributed by atoms with Crippen molar-refractivity contribution in [3.8, 4) is 0 Å². The number of anilines is 1. The molecule has 1 N–H and O–H groups in total. The number of aryl methyl sites for hydroxylation is 1. The molecule has 0 saturated carbocycles. The summed E-state index contributed by atoms with van der Waals surface area (Å²) >= 11 is 1.86. The Morgan fingerprint density at radius 2 is 2.00 bits per heavy atom. The summed E-state index contributed by atoms with van der Waals surface area (Å²) in [6, 6.07) is 16.5. The summed E-state index contributed by atoms with van der Waals surface area (Å²) in [4.78, 5) is 17.7. The second-order valence-corrected chi connectivity index (χ2v) is 8.68. The summed E-state index contributed by atoms with van der Waals surface area (Å²) in [7, 11) is 0. The van der Waals surface area contributed by atoms with Gasteiger partial charge in [-0.3, -0.25) is 9.69 Å². The Labute approximate surface area is 175 Å². The van der Waals surface area contributed by atoms with Gasteiger partial charge in [0.05, 0.1) is 12.6 Å². The fraction of sp³-hybridized carbons (Fsp3) is 0.292. The van der Waals surface area contributed by atoms with Gasteiger partial charge in [0.25, 0.3) is 0 Å². The summed E-state index contributed by atoms with van der Waals surface area (Å²) in [5.74, 6) is -0.474. The number of halogens is 1. The Morgan fingerprint density at radius 3 is 2.72 bits per heavy atom. The van der Waals surface area contributed by atoms with Crippen molar-refractivity contribution in [3.05, 3.63) is 86.9 Å². The van der Waals surface area contributed by atoms with Gasteiger partial charge in [-0.05, 0) is 54.7 Å². The van der Waals surface area contributed by atoms with Crippen LogP contribution in [-0.4, -0.2) is 23.9 Å². The lowest BCUT2D eigenvalue weighted by Gasteiger charge is -2.36. The number of fused-ring (bicyclic) bond motifs is 1. The number of carbonyl (C=O) groups is 1. The lowest BCUT2D eigenvalue weighted by atomic mass is 9.91. The average Bonchev–Trinajstić information content (AvgIpc) is 3.03. The maximum atomic E-state index is 13.4. The molecule has 2 heterocycles. The number of nitrogens with one attached hydrogen (secondary N) is 1. The molecule has 0 bridgehead atoms. The van der Waals surface area contributed by atoms with Gasteiger partial charge in [0, 0.05) is 22.0 Å². The minimum atomic E-state index is -0.353. The molecule has 29 heavy (non-hydrogen) atoms. The van der Waals surface area contributed by atoms with Crippen molar-refractivity contribution >= 4 is 22.9 Å². The standard InChI is InChI=1S/C24H25FN2OS/c1-3-20-16(2)29-24-21(20)12-13-27(23(24)17-8-5-4-6-9-17)15-22(28)26-19-11-7-10-18(25)14-19/h4-11,14,23H,3,12-13,15H2,1-2H3,(H,26,28)/t23-/m0/s1. The van der Waals surface area contributed by atoms with Gasteiger partial charge in [-0.25, -0.2) is 4.39 Å². The number of thiophene rings is 1. The molecule has 3 aromatic rings. The molecule has 0 spiro atoms. The quantitative estimate of drug-likeness (QED) is 0.618. The van der Waals surface area contributed by atoms with E-state index in [9.17, 15) is 9.18 Å². The summed E-state index contributed by atoms with van der Waals surface area (Å²) in [5.41, 5.74) is 4.63. The molecule has 1 aromatic heterocycles. The molecule has 1 aliphatic heterocycles. The van der Waals surface area contributed by atoms with Crippen LogP contribution in [0.2, 0.25) is 0 Å². The zero-order valence-electron chi connectivity index (χ0n) is 16.7. The number of rotatable bonds is 5. The zero-order chi connectivity index (χ0) is 20.4. The fourth-order valence-electron chi connectivity index (χ4n) is 4.28. The number of hydrogen-bond acceptors (Lipinski definition) is 3. The van der Waals surface area contributed by atoms with Crippen molar-refractivity contribution in [1.82, 2.24) is 4.90 Å². The monoisotopic (exact) mass is 408 g/mol. The molecular weight excluding hydrogens is 383 g/mol. The first-order valence-electron chi connectivity index (χ1n) is 10.0. The summed E-state index contributed by atoms with van der Waals surface area (Å²) in [6.07, 6.45) is 2.00. The molecule has 0 unspecified atom stereocenters. The predicted octanol–water partition coefficient (Wildman–Crippen LogP) is 5.34. The Balaban J connectivity index is 1.62. The van der Waals surface area contributed by atoms with Crippen molar-refractivity contribution in [2.45, 2.75) is 32.7 Å². The third kappa shape index (κ3) is 4.11. The lowest BCUT2D eigenvalue weighted by molar-refractivity contribution is -0.117. The van der Waals surface area contributed by atoms with Crippen LogP contribution in [0.5, 0.6) is 0 Å². The second kappa shape index (κ2) is 8.47. The number of carbonyl (C=O) groups excluding carboxylic acids is 1. The molecule has 3 nitrogen and oxygen atoms in total. The number of benzene rings is 2. The van der Waals surface area contributed by atoms with Gasteiger partial charge in [-0.1, -0.05) is 43.3 Å². The molecule has 2 aromatic carbocycles. The first-order chi connectivity index (χ1) is 14.1. The van der Waals surface area contributed by atoms with E-state index in [1.165, 1.54) is 38.6 Å². The summed E-state index contributed by atoms with van der Waals surface area (Å²) < 4.78 is 13.4. The van der Waals surface area contributed by atoms with Crippen molar-refractivity contribution in [2.24, 2.45) is 0 Å². The summed E-state index contributed by atoms with van der Waals surface area (Å²) in [6.45, 7) is 5.51. The van der Waals surface area contributed by atoms with Crippen LogP contribution in [0, 0.1) is 12.7 Å². The normalized spacial score (nSPS) is 16.4. The molecule has 0 radical (unpaired) electrons. The van der Waals surface area contributed by atoms with E-state index in [1.807, 2.05) is 17.4 Å². The highest BCUT2D eigenvalue weighted by molar-refractivity contribution is 7.12. The van der Waals surface area contributed by atoms with Gasteiger partial charge >= 0.3 is 0 Å². The third-order valence-electron chi connectivity index (χ3n) is 5.54. The van der Waals surface area contributed by atoms with E-state index in [4.69, 9.17) is 0 Å². The van der Waals surface area contributed by atoms with Crippen LogP contribution in [0.1, 0.15) is 39.4 Å². The molecule has 4 rings (SSSR count). The van der Waals surface area contributed by atoms with E-state index >= 15 is 0 Å². The van der Waals surface area contributed by atoms with Crippen LogP contribution < -0.4 is 5.32 Å². The van der Waals surface area contributed by atoms with Gasteiger partial charge in [-0.2, -0.15) is 0 Å². The highest BCUT2D eigenvalue weighted by Crippen LogP contribution is 2.42. The third-order valence-corrected chi connectivity index (χ3v) is 6.78. The zero-order valence-corrected chi connectivity index (χ0v) is 17.6. The predicted molar refractivity (Wildman–Crippen MR) is 117 cm³/mol.